The van der Waals surface area contributed by atoms with E-state index < -0.39 is 6.67 Å². The number of pyridine rings is 1. The van der Waals surface area contributed by atoms with E-state index in [1.54, 1.807) is 6.20 Å². The molecule has 2 heterocycles. The van der Waals surface area contributed by atoms with Gasteiger partial charge >= 0.3 is 0 Å². The molecule has 0 aliphatic carbocycles. The molecule has 1 aliphatic heterocycles. The third-order valence-corrected chi connectivity index (χ3v) is 3.86. The number of hydrogen-bond acceptors (Lipinski definition) is 6. The topological polar surface area (TPSA) is 110 Å². The molecule has 2 aromatic rings. The van der Waals surface area contributed by atoms with Crippen LogP contribution in [-0.4, -0.2) is 48.9 Å². The molecule has 0 spiro atoms. The molecule has 0 radical (unpaired) electrons. The van der Waals surface area contributed by atoms with Crippen molar-refractivity contribution in [2.75, 3.05) is 36.9 Å². The van der Waals surface area contributed by atoms with Crippen molar-refractivity contribution < 1.29 is 14.3 Å². The maximum Gasteiger partial charge on any atom is 0.290 e. The monoisotopic (exact) mass is 399 g/mol. The lowest BCUT2D eigenvalue weighted by Gasteiger charge is -2.27. The van der Waals surface area contributed by atoms with Gasteiger partial charge in [0.2, 0.25) is 0 Å². The minimum absolute atomic E-state index is 0.250. The Morgan fingerprint density at radius 2 is 2.07 bits per heavy atom. The molecule has 1 atom stereocenters. The van der Waals surface area contributed by atoms with Crippen molar-refractivity contribution in [1.29, 1.82) is 5.26 Å². The number of hydrogen-bond donors (Lipinski definition) is 4. The standard InChI is InChI=1S/C17H19N5.C3H5F.CH2O2/c18-10-14-5-3-13(4-6-14)7-9-19-11-15-12-21-16-2-1-8-20-17(16)22-15;1-2-3-4;2-1-3/h1-6,8,15,19,21H,7,9,11-12H2,(H,20,22);2H,1,3H2;1H,(H,2,3). The molecule has 0 bridgehead atoms. The minimum atomic E-state index is -0.417. The molecule has 4 N–H and O–H groups in total. The Morgan fingerprint density at radius 3 is 2.69 bits per heavy atom. The second kappa shape index (κ2) is 14.6. The van der Waals surface area contributed by atoms with Crippen molar-refractivity contribution in [2.24, 2.45) is 0 Å². The first kappa shape index (κ1) is 23.6. The Balaban J connectivity index is 0.000000526. The fraction of sp³-hybridized carbons (Fsp3) is 0.286. The van der Waals surface area contributed by atoms with Gasteiger partial charge in [-0.1, -0.05) is 18.2 Å². The predicted octanol–water partition coefficient (Wildman–Crippen LogP) is 2.83. The molecule has 1 unspecified atom stereocenters. The van der Waals surface area contributed by atoms with E-state index in [2.05, 4.69) is 33.6 Å². The van der Waals surface area contributed by atoms with E-state index in [-0.39, 0.29) is 6.47 Å². The Labute approximate surface area is 170 Å². The summed E-state index contributed by atoms with van der Waals surface area (Å²) in [4.78, 5) is 12.7. The van der Waals surface area contributed by atoms with Gasteiger partial charge < -0.3 is 21.1 Å². The average molecular weight is 399 g/mol. The summed E-state index contributed by atoms with van der Waals surface area (Å²) < 4.78 is 10.6. The highest BCUT2D eigenvalue weighted by Gasteiger charge is 2.16. The predicted molar refractivity (Wildman–Crippen MR) is 113 cm³/mol. The summed E-state index contributed by atoms with van der Waals surface area (Å²) in [5.74, 6) is 0.924. The van der Waals surface area contributed by atoms with E-state index in [9.17, 15) is 4.39 Å². The third-order valence-electron chi connectivity index (χ3n) is 3.86. The zero-order valence-corrected chi connectivity index (χ0v) is 16.1. The number of rotatable bonds is 6. The van der Waals surface area contributed by atoms with Gasteiger partial charge in [0, 0.05) is 19.3 Å². The fourth-order valence-electron chi connectivity index (χ4n) is 2.52. The van der Waals surface area contributed by atoms with Crippen LogP contribution in [0.3, 0.4) is 0 Å². The summed E-state index contributed by atoms with van der Waals surface area (Å²) in [6.07, 6.45) is 3.97. The van der Waals surface area contributed by atoms with Gasteiger partial charge in [0.05, 0.1) is 23.4 Å². The molecule has 7 nitrogen and oxygen atoms in total. The zero-order chi connectivity index (χ0) is 21.3. The number of nitrogens with one attached hydrogen (secondary N) is 3. The number of alkyl halides is 1. The summed E-state index contributed by atoms with van der Waals surface area (Å²) in [6, 6.07) is 14.2. The number of anilines is 2. The van der Waals surface area contributed by atoms with Gasteiger partial charge in [-0.25, -0.2) is 9.37 Å². The molecular weight excluding hydrogens is 373 g/mol. The normalized spacial score (nSPS) is 13.4. The fourth-order valence-corrected chi connectivity index (χ4v) is 2.52. The molecule has 0 amide bonds. The van der Waals surface area contributed by atoms with Crippen molar-refractivity contribution in [3.63, 3.8) is 0 Å². The first-order chi connectivity index (χ1) is 14.2. The van der Waals surface area contributed by atoms with E-state index in [1.807, 2.05) is 36.4 Å². The highest BCUT2D eigenvalue weighted by molar-refractivity contribution is 5.66. The Morgan fingerprint density at radius 1 is 1.38 bits per heavy atom. The Kier molecular flexibility index (Phi) is 11.9. The van der Waals surface area contributed by atoms with Crippen LogP contribution in [0.5, 0.6) is 0 Å². The van der Waals surface area contributed by atoms with Crippen molar-refractivity contribution in [2.45, 2.75) is 12.5 Å². The van der Waals surface area contributed by atoms with Gasteiger partial charge in [0.15, 0.2) is 0 Å². The molecule has 0 fully saturated rings. The minimum Gasteiger partial charge on any atom is -0.483 e. The van der Waals surface area contributed by atoms with Crippen LogP contribution in [-0.2, 0) is 11.2 Å². The first-order valence-electron chi connectivity index (χ1n) is 9.08. The van der Waals surface area contributed by atoms with Crippen molar-refractivity contribution in [3.05, 3.63) is 66.4 Å². The van der Waals surface area contributed by atoms with E-state index in [0.29, 0.717) is 11.6 Å². The molecule has 1 aliphatic rings. The van der Waals surface area contributed by atoms with Gasteiger partial charge in [-0.05, 0) is 42.8 Å². The SMILES string of the molecule is C=CCF.N#Cc1ccc(CCNCC2CNc3cccnc3N2)cc1.O=CO. The van der Waals surface area contributed by atoms with E-state index in [0.717, 1.165) is 37.6 Å². The summed E-state index contributed by atoms with van der Waals surface area (Å²) in [7, 11) is 0. The number of carboxylic acid groups (broad SMARTS) is 1. The molecule has 0 saturated carbocycles. The second-order valence-corrected chi connectivity index (χ2v) is 5.93. The second-order valence-electron chi connectivity index (χ2n) is 5.93. The van der Waals surface area contributed by atoms with E-state index in [4.69, 9.17) is 15.2 Å². The van der Waals surface area contributed by atoms with Crippen LogP contribution in [0, 0.1) is 11.3 Å². The lowest BCUT2D eigenvalue weighted by molar-refractivity contribution is -0.122. The maximum absolute atomic E-state index is 10.6. The quantitative estimate of drug-likeness (QED) is 0.336. The maximum atomic E-state index is 10.6. The van der Waals surface area contributed by atoms with Crippen molar-refractivity contribution >= 4 is 18.0 Å². The largest absolute Gasteiger partial charge is 0.483 e. The summed E-state index contributed by atoms with van der Waals surface area (Å²) in [5, 5.41) is 26.0. The molecule has 1 aromatic carbocycles. The molecule has 154 valence electrons. The van der Waals surface area contributed by atoms with Crippen LogP contribution in [0.4, 0.5) is 15.9 Å². The van der Waals surface area contributed by atoms with Crippen LogP contribution in [0.15, 0.2) is 55.3 Å². The number of allylic oxidation sites excluding steroid dienone is 1. The van der Waals surface area contributed by atoms with Gasteiger partial charge in [0.1, 0.15) is 12.5 Å². The van der Waals surface area contributed by atoms with Gasteiger partial charge in [-0.3, -0.25) is 4.79 Å². The third kappa shape index (κ3) is 9.35. The number of fused-ring (bicyclic) bond motifs is 1. The van der Waals surface area contributed by atoms with Gasteiger partial charge in [-0.2, -0.15) is 5.26 Å². The van der Waals surface area contributed by atoms with Crippen molar-refractivity contribution in [3.8, 4) is 6.07 Å². The van der Waals surface area contributed by atoms with Crippen LogP contribution in [0.2, 0.25) is 0 Å². The molecular formula is C21H26FN5O2. The lowest BCUT2D eigenvalue weighted by atomic mass is 10.1. The summed E-state index contributed by atoms with van der Waals surface area (Å²) in [6.45, 7) is 5.13. The molecule has 8 heteroatoms. The van der Waals surface area contributed by atoms with Crippen molar-refractivity contribution in [1.82, 2.24) is 10.3 Å². The highest BCUT2D eigenvalue weighted by Crippen LogP contribution is 2.22. The van der Waals surface area contributed by atoms with Gasteiger partial charge in [0.25, 0.3) is 6.47 Å². The Bertz CT molecular complexity index is 777. The summed E-state index contributed by atoms with van der Waals surface area (Å²) >= 11 is 0. The number of benzene rings is 1. The lowest BCUT2D eigenvalue weighted by Crippen LogP contribution is -2.41. The van der Waals surface area contributed by atoms with E-state index >= 15 is 0 Å². The molecule has 3 rings (SSSR count). The first-order valence-corrected chi connectivity index (χ1v) is 9.08. The van der Waals surface area contributed by atoms with Crippen LogP contribution in [0.25, 0.3) is 0 Å². The van der Waals surface area contributed by atoms with Crippen LogP contribution in [0.1, 0.15) is 11.1 Å². The number of nitriles is 1. The number of nitrogens with zero attached hydrogens (tertiary/aromatic N) is 2. The summed E-state index contributed by atoms with van der Waals surface area (Å²) in [5.41, 5.74) is 3.02. The Hall–Kier alpha value is -3.44. The zero-order valence-electron chi connectivity index (χ0n) is 16.1. The van der Waals surface area contributed by atoms with Gasteiger partial charge in [-0.15, -0.1) is 6.58 Å². The average Bonchev–Trinajstić information content (AvgIpc) is 2.78. The smallest absolute Gasteiger partial charge is 0.290 e. The number of halogens is 1. The van der Waals surface area contributed by atoms with Crippen LogP contribution < -0.4 is 16.0 Å². The molecule has 1 aromatic heterocycles. The highest BCUT2D eigenvalue weighted by atomic mass is 19.1. The molecule has 0 saturated heterocycles. The molecule has 29 heavy (non-hydrogen) atoms. The van der Waals surface area contributed by atoms with Crippen LogP contribution >= 0.6 is 0 Å². The van der Waals surface area contributed by atoms with E-state index in [1.165, 1.54) is 11.6 Å². The number of carbonyl (C=O) groups is 1. The number of aromatic nitrogens is 1.